The Morgan fingerprint density at radius 3 is 2.75 bits per heavy atom. The molecule has 0 amide bonds. The van der Waals surface area contributed by atoms with Crippen LogP contribution in [0.5, 0.6) is 0 Å². The predicted octanol–water partition coefficient (Wildman–Crippen LogP) is 3.38. The van der Waals surface area contributed by atoms with E-state index in [0.29, 0.717) is 31.0 Å². The van der Waals surface area contributed by atoms with E-state index in [1.54, 1.807) is 12.4 Å². The number of hydrogen-bond acceptors (Lipinski definition) is 4. The Labute approximate surface area is 137 Å². The Morgan fingerprint density at radius 1 is 1.04 bits per heavy atom. The summed E-state index contributed by atoms with van der Waals surface area (Å²) in [4.78, 5) is 15.1. The van der Waals surface area contributed by atoms with E-state index in [1.807, 2.05) is 23.1 Å². The highest BCUT2D eigenvalue weighted by atomic mass is 19.1. The van der Waals surface area contributed by atoms with Crippen molar-refractivity contribution in [2.75, 3.05) is 11.4 Å². The molecule has 0 fully saturated rings. The van der Waals surface area contributed by atoms with Gasteiger partial charge in [0, 0.05) is 43.5 Å². The number of nitrogens with zero attached hydrogens (tertiary/aromatic N) is 4. The lowest BCUT2D eigenvalue weighted by Gasteiger charge is -2.30. The fourth-order valence-corrected chi connectivity index (χ4v) is 2.88. The summed E-state index contributed by atoms with van der Waals surface area (Å²) >= 11 is 0. The monoisotopic (exact) mass is 324 g/mol. The van der Waals surface area contributed by atoms with Crippen LogP contribution in [-0.4, -0.2) is 21.5 Å². The van der Waals surface area contributed by atoms with Crippen molar-refractivity contribution in [3.8, 4) is 11.5 Å². The van der Waals surface area contributed by atoms with Gasteiger partial charge in [-0.1, -0.05) is 6.07 Å². The fraction of sp³-hybridized carbons (Fsp3) is 0.167. The Morgan fingerprint density at radius 2 is 1.96 bits per heavy atom. The van der Waals surface area contributed by atoms with Gasteiger partial charge in [-0.3, -0.25) is 4.98 Å². The van der Waals surface area contributed by atoms with Crippen LogP contribution in [0.3, 0.4) is 0 Å². The molecule has 0 spiro atoms. The van der Waals surface area contributed by atoms with Gasteiger partial charge in [0.05, 0.1) is 11.4 Å². The van der Waals surface area contributed by atoms with Gasteiger partial charge in [0.1, 0.15) is 17.3 Å². The van der Waals surface area contributed by atoms with Crippen molar-refractivity contribution in [2.45, 2.75) is 13.0 Å². The zero-order chi connectivity index (χ0) is 16.5. The van der Waals surface area contributed by atoms with Gasteiger partial charge < -0.3 is 4.90 Å². The molecule has 0 bridgehead atoms. The molecule has 1 aliphatic rings. The fourth-order valence-electron chi connectivity index (χ4n) is 2.88. The first-order valence-corrected chi connectivity index (χ1v) is 7.67. The maximum Gasteiger partial charge on any atom is 0.178 e. The normalized spacial score (nSPS) is 13.7. The second-order valence-corrected chi connectivity index (χ2v) is 5.65. The van der Waals surface area contributed by atoms with Gasteiger partial charge in [0.25, 0.3) is 0 Å². The number of aromatic nitrogens is 3. The van der Waals surface area contributed by atoms with Gasteiger partial charge in [0.2, 0.25) is 0 Å². The van der Waals surface area contributed by atoms with Gasteiger partial charge in [-0.15, -0.1) is 0 Å². The Bertz CT molecular complexity index is 883. The Hall–Kier alpha value is -2.89. The SMILES string of the molecule is Fc1ccc(N2CCc3nc(-c4ccccn4)ncc3C2)c(F)c1. The van der Waals surface area contributed by atoms with Crippen LogP contribution in [-0.2, 0) is 13.0 Å². The third-order valence-electron chi connectivity index (χ3n) is 4.08. The molecule has 3 heterocycles. The van der Waals surface area contributed by atoms with Crippen molar-refractivity contribution in [1.29, 1.82) is 0 Å². The molecule has 1 aromatic carbocycles. The molecule has 0 N–H and O–H groups in total. The number of anilines is 1. The Balaban J connectivity index is 1.62. The molecule has 4 rings (SSSR count). The molecule has 4 nitrogen and oxygen atoms in total. The van der Waals surface area contributed by atoms with E-state index in [4.69, 9.17) is 0 Å². The molecule has 0 saturated carbocycles. The second kappa shape index (κ2) is 5.96. The van der Waals surface area contributed by atoms with Crippen LogP contribution in [0.2, 0.25) is 0 Å². The lowest BCUT2D eigenvalue weighted by molar-refractivity contribution is 0.574. The number of pyridine rings is 1. The molecular weight excluding hydrogens is 310 g/mol. The first-order valence-electron chi connectivity index (χ1n) is 7.67. The summed E-state index contributed by atoms with van der Waals surface area (Å²) in [6, 6.07) is 9.25. The summed E-state index contributed by atoms with van der Waals surface area (Å²) in [5, 5.41) is 0. The average Bonchev–Trinajstić information content (AvgIpc) is 2.62. The standard InChI is InChI=1S/C18H14F2N4/c19-13-4-5-17(14(20)9-13)24-8-6-15-12(11-24)10-22-18(23-15)16-3-1-2-7-21-16/h1-5,7,9-10H,6,8,11H2. The van der Waals surface area contributed by atoms with Crippen molar-refractivity contribution < 1.29 is 8.78 Å². The summed E-state index contributed by atoms with van der Waals surface area (Å²) in [7, 11) is 0. The van der Waals surface area contributed by atoms with Crippen LogP contribution >= 0.6 is 0 Å². The zero-order valence-corrected chi connectivity index (χ0v) is 12.8. The number of fused-ring (bicyclic) bond motifs is 1. The van der Waals surface area contributed by atoms with Crippen LogP contribution in [0.15, 0.2) is 48.8 Å². The van der Waals surface area contributed by atoms with E-state index in [2.05, 4.69) is 15.0 Å². The second-order valence-electron chi connectivity index (χ2n) is 5.65. The van der Waals surface area contributed by atoms with Gasteiger partial charge in [-0.05, 0) is 24.3 Å². The quantitative estimate of drug-likeness (QED) is 0.725. The van der Waals surface area contributed by atoms with E-state index in [-0.39, 0.29) is 0 Å². The van der Waals surface area contributed by atoms with Crippen LogP contribution in [0.1, 0.15) is 11.3 Å². The summed E-state index contributed by atoms with van der Waals surface area (Å²) in [6.45, 7) is 1.12. The van der Waals surface area contributed by atoms with Gasteiger partial charge in [-0.25, -0.2) is 18.7 Å². The number of benzene rings is 1. The van der Waals surface area contributed by atoms with Gasteiger partial charge in [0.15, 0.2) is 5.82 Å². The van der Waals surface area contributed by atoms with Crippen molar-refractivity contribution in [1.82, 2.24) is 15.0 Å². The average molecular weight is 324 g/mol. The van der Waals surface area contributed by atoms with Crippen molar-refractivity contribution in [3.63, 3.8) is 0 Å². The minimum atomic E-state index is -0.572. The largest absolute Gasteiger partial charge is 0.364 e. The molecule has 120 valence electrons. The molecule has 6 heteroatoms. The van der Waals surface area contributed by atoms with E-state index >= 15 is 0 Å². The van der Waals surface area contributed by atoms with E-state index in [1.165, 1.54) is 12.1 Å². The van der Waals surface area contributed by atoms with Crippen molar-refractivity contribution in [2.24, 2.45) is 0 Å². The van der Waals surface area contributed by atoms with E-state index < -0.39 is 11.6 Å². The third-order valence-corrected chi connectivity index (χ3v) is 4.08. The topological polar surface area (TPSA) is 41.9 Å². The Kier molecular flexibility index (Phi) is 3.65. The summed E-state index contributed by atoms with van der Waals surface area (Å²) in [5.74, 6) is -0.530. The van der Waals surface area contributed by atoms with Crippen LogP contribution in [0, 0.1) is 11.6 Å². The predicted molar refractivity (Wildman–Crippen MR) is 86.4 cm³/mol. The molecule has 24 heavy (non-hydrogen) atoms. The minimum Gasteiger partial charge on any atom is -0.364 e. The molecule has 0 radical (unpaired) electrons. The summed E-state index contributed by atoms with van der Waals surface area (Å²) in [6.07, 6.45) is 4.14. The number of halogens is 2. The molecule has 1 aliphatic heterocycles. The van der Waals surface area contributed by atoms with Crippen molar-refractivity contribution >= 4 is 5.69 Å². The number of hydrogen-bond donors (Lipinski definition) is 0. The molecule has 0 aliphatic carbocycles. The number of rotatable bonds is 2. The third kappa shape index (κ3) is 2.71. The first kappa shape index (κ1) is 14.7. The van der Waals surface area contributed by atoms with Gasteiger partial charge in [-0.2, -0.15) is 0 Å². The molecule has 2 aromatic heterocycles. The zero-order valence-electron chi connectivity index (χ0n) is 12.8. The first-order chi connectivity index (χ1) is 11.7. The van der Waals surface area contributed by atoms with E-state index in [0.717, 1.165) is 23.0 Å². The lowest BCUT2D eigenvalue weighted by Crippen LogP contribution is -2.32. The summed E-state index contributed by atoms with van der Waals surface area (Å²) in [5.41, 5.74) is 3.03. The highest BCUT2D eigenvalue weighted by Crippen LogP contribution is 2.27. The van der Waals surface area contributed by atoms with Crippen molar-refractivity contribution in [3.05, 3.63) is 71.7 Å². The molecule has 0 saturated heterocycles. The highest BCUT2D eigenvalue weighted by Gasteiger charge is 2.21. The lowest BCUT2D eigenvalue weighted by atomic mass is 10.1. The molecule has 3 aromatic rings. The smallest absolute Gasteiger partial charge is 0.178 e. The maximum atomic E-state index is 14.0. The maximum absolute atomic E-state index is 14.0. The minimum absolute atomic E-state index is 0.399. The van der Waals surface area contributed by atoms with Crippen LogP contribution in [0.4, 0.5) is 14.5 Å². The molecular formula is C18H14F2N4. The molecule has 0 atom stereocenters. The summed E-state index contributed by atoms with van der Waals surface area (Å²) < 4.78 is 27.1. The van der Waals surface area contributed by atoms with Gasteiger partial charge >= 0.3 is 0 Å². The highest BCUT2D eigenvalue weighted by molar-refractivity contribution is 5.52. The van der Waals surface area contributed by atoms with Crippen LogP contribution in [0.25, 0.3) is 11.5 Å². The van der Waals surface area contributed by atoms with E-state index in [9.17, 15) is 8.78 Å². The van der Waals surface area contributed by atoms with Crippen LogP contribution < -0.4 is 4.90 Å². The molecule has 0 unspecified atom stereocenters.